The normalized spacial score (nSPS) is 14.6. The molecule has 0 bridgehead atoms. The van der Waals surface area contributed by atoms with Crippen LogP contribution in [0.15, 0.2) is 23.8 Å². The molecule has 0 aromatic heterocycles. The van der Waals surface area contributed by atoms with Crippen molar-refractivity contribution in [3.8, 4) is 0 Å². The first-order valence-electron chi connectivity index (χ1n) is 7.48. The largest absolute Gasteiger partial charge is 0.463 e. The SMILES string of the molecule is CCOC(=O)/C=C(C)/C=C/CC(C)CCCC(C)(C)S. The molecule has 2 nitrogen and oxygen atoms in total. The maximum absolute atomic E-state index is 11.2. The monoisotopic (exact) mass is 298 g/mol. The first-order chi connectivity index (χ1) is 9.24. The molecule has 0 saturated carbocycles. The minimum atomic E-state index is -0.265. The third-order valence-electron chi connectivity index (χ3n) is 3.04. The van der Waals surface area contributed by atoms with Gasteiger partial charge in [0, 0.05) is 10.8 Å². The zero-order valence-corrected chi connectivity index (χ0v) is 14.5. The second-order valence-electron chi connectivity index (χ2n) is 6.09. The van der Waals surface area contributed by atoms with Gasteiger partial charge >= 0.3 is 5.97 Å². The maximum atomic E-state index is 11.2. The zero-order chi connectivity index (χ0) is 15.6. The van der Waals surface area contributed by atoms with Crippen molar-refractivity contribution in [1.82, 2.24) is 0 Å². The number of esters is 1. The first-order valence-corrected chi connectivity index (χ1v) is 7.93. The summed E-state index contributed by atoms with van der Waals surface area (Å²) in [4.78, 5) is 11.2. The Kier molecular flexibility index (Phi) is 9.74. The van der Waals surface area contributed by atoms with Crippen LogP contribution in [0.5, 0.6) is 0 Å². The van der Waals surface area contributed by atoms with Gasteiger partial charge in [-0.3, -0.25) is 0 Å². The molecule has 0 aromatic carbocycles. The van der Waals surface area contributed by atoms with Crippen molar-refractivity contribution in [3.05, 3.63) is 23.8 Å². The second kappa shape index (κ2) is 10.1. The van der Waals surface area contributed by atoms with Crippen LogP contribution in [-0.4, -0.2) is 17.3 Å². The van der Waals surface area contributed by atoms with Gasteiger partial charge in [0.05, 0.1) is 6.61 Å². The fourth-order valence-electron chi connectivity index (χ4n) is 1.91. The molecule has 3 heteroatoms. The number of hydrogen-bond acceptors (Lipinski definition) is 3. The maximum Gasteiger partial charge on any atom is 0.330 e. The van der Waals surface area contributed by atoms with Crippen LogP contribution < -0.4 is 0 Å². The average molecular weight is 298 g/mol. The average Bonchev–Trinajstić information content (AvgIpc) is 2.27. The van der Waals surface area contributed by atoms with Crippen molar-refractivity contribution in [2.24, 2.45) is 5.92 Å². The molecule has 1 atom stereocenters. The molecule has 0 aliphatic rings. The summed E-state index contributed by atoms with van der Waals surface area (Å²) in [5, 5.41) is 0. The molecule has 116 valence electrons. The number of ether oxygens (including phenoxy) is 1. The highest BCUT2D eigenvalue weighted by atomic mass is 32.1. The van der Waals surface area contributed by atoms with Crippen LogP contribution in [0.2, 0.25) is 0 Å². The van der Waals surface area contributed by atoms with Crippen molar-refractivity contribution >= 4 is 18.6 Å². The van der Waals surface area contributed by atoms with E-state index in [1.54, 1.807) is 0 Å². The van der Waals surface area contributed by atoms with Gasteiger partial charge < -0.3 is 4.74 Å². The lowest BCUT2D eigenvalue weighted by Crippen LogP contribution is -2.10. The van der Waals surface area contributed by atoms with Gasteiger partial charge in [-0.15, -0.1) is 0 Å². The smallest absolute Gasteiger partial charge is 0.330 e. The Morgan fingerprint density at radius 1 is 1.40 bits per heavy atom. The molecule has 1 unspecified atom stereocenters. The highest BCUT2D eigenvalue weighted by Crippen LogP contribution is 2.22. The molecule has 0 heterocycles. The summed E-state index contributed by atoms with van der Waals surface area (Å²) < 4.78 is 5.00. The Hall–Kier alpha value is -0.700. The Bertz CT molecular complexity index is 337. The van der Waals surface area contributed by atoms with Gasteiger partial charge in [0.25, 0.3) is 0 Å². The summed E-state index contributed by atoms with van der Waals surface area (Å²) in [5.74, 6) is 0.399. The molecular weight excluding hydrogens is 268 g/mol. The molecule has 20 heavy (non-hydrogen) atoms. The quantitative estimate of drug-likeness (QED) is 0.282. The van der Waals surface area contributed by atoms with Gasteiger partial charge in [-0.25, -0.2) is 4.79 Å². The van der Waals surface area contributed by atoms with Gasteiger partial charge in [-0.1, -0.05) is 45.8 Å². The third-order valence-corrected chi connectivity index (χ3v) is 3.26. The summed E-state index contributed by atoms with van der Waals surface area (Å²) in [5.41, 5.74) is 0.937. The van der Waals surface area contributed by atoms with Crippen molar-refractivity contribution in [2.75, 3.05) is 6.61 Å². The Morgan fingerprint density at radius 3 is 2.60 bits per heavy atom. The van der Waals surface area contributed by atoms with E-state index in [4.69, 9.17) is 4.74 Å². The molecule has 0 amide bonds. The minimum absolute atomic E-state index is 0.133. The van der Waals surface area contributed by atoms with Crippen molar-refractivity contribution in [2.45, 2.75) is 65.0 Å². The zero-order valence-electron chi connectivity index (χ0n) is 13.6. The van der Waals surface area contributed by atoms with E-state index in [1.165, 1.54) is 18.9 Å². The predicted molar refractivity (Wildman–Crippen MR) is 90.2 cm³/mol. The lowest BCUT2D eigenvalue weighted by molar-refractivity contribution is -0.137. The fourth-order valence-corrected chi connectivity index (χ4v) is 2.06. The molecule has 0 fully saturated rings. The lowest BCUT2D eigenvalue weighted by Gasteiger charge is -2.18. The molecular formula is C17H30O2S. The summed E-state index contributed by atoms with van der Waals surface area (Å²) in [7, 11) is 0. The fraction of sp³-hybridized carbons (Fsp3) is 0.706. The summed E-state index contributed by atoms with van der Waals surface area (Å²) in [6.07, 6.45) is 10.3. The van der Waals surface area contributed by atoms with E-state index in [1.807, 2.05) is 19.9 Å². The number of carbonyl (C=O) groups excluding carboxylic acids is 1. The second-order valence-corrected chi connectivity index (χ2v) is 7.30. The summed E-state index contributed by atoms with van der Waals surface area (Å²) in [6.45, 7) is 10.7. The first kappa shape index (κ1) is 19.3. The van der Waals surface area contributed by atoms with Gasteiger partial charge in [0.15, 0.2) is 0 Å². The van der Waals surface area contributed by atoms with Gasteiger partial charge in [-0.2, -0.15) is 12.6 Å². The molecule has 0 radical (unpaired) electrons. The van der Waals surface area contributed by atoms with E-state index in [9.17, 15) is 4.79 Å². The summed E-state index contributed by atoms with van der Waals surface area (Å²) in [6, 6.07) is 0. The molecule has 0 N–H and O–H groups in total. The third kappa shape index (κ3) is 12.3. The van der Waals surface area contributed by atoms with E-state index >= 15 is 0 Å². The predicted octanol–water partition coefficient (Wildman–Crippen LogP) is 4.96. The number of carbonyl (C=O) groups is 1. The van der Waals surface area contributed by atoms with E-state index in [-0.39, 0.29) is 10.7 Å². The van der Waals surface area contributed by atoms with Gasteiger partial charge in [-0.05, 0) is 38.2 Å². The lowest BCUT2D eigenvalue weighted by atomic mass is 9.96. The van der Waals surface area contributed by atoms with Crippen LogP contribution in [0, 0.1) is 5.92 Å². The molecule has 0 aliphatic heterocycles. The van der Waals surface area contributed by atoms with Crippen LogP contribution in [0.1, 0.15) is 60.3 Å². The van der Waals surface area contributed by atoms with Crippen molar-refractivity contribution < 1.29 is 9.53 Å². The number of allylic oxidation sites excluding steroid dienone is 3. The van der Waals surface area contributed by atoms with Crippen molar-refractivity contribution in [1.29, 1.82) is 0 Å². The Morgan fingerprint density at radius 2 is 2.05 bits per heavy atom. The van der Waals surface area contributed by atoms with Crippen molar-refractivity contribution in [3.63, 3.8) is 0 Å². The minimum Gasteiger partial charge on any atom is -0.463 e. The van der Waals surface area contributed by atoms with Crippen LogP contribution >= 0.6 is 12.6 Å². The summed E-state index contributed by atoms with van der Waals surface area (Å²) >= 11 is 4.54. The number of thiol groups is 1. The Balaban J connectivity index is 3.96. The topological polar surface area (TPSA) is 26.3 Å². The van der Waals surface area contributed by atoms with Crippen LogP contribution in [0.4, 0.5) is 0 Å². The van der Waals surface area contributed by atoms with E-state index in [2.05, 4.69) is 39.5 Å². The standard InChI is InChI=1S/C17H30O2S/c1-6-19-16(18)13-15(3)10-7-9-14(2)11-8-12-17(4,5)20/h7,10,13-14,20H,6,8-9,11-12H2,1-5H3/b10-7+,15-13+. The number of rotatable bonds is 9. The molecule has 0 aromatic rings. The molecule has 0 rings (SSSR count). The van der Waals surface area contributed by atoms with Gasteiger partial charge in [0.1, 0.15) is 0 Å². The molecule has 0 spiro atoms. The number of hydrogen-bond donors (Lipinski definition) is 1. The van der Waals surface area contributed by atoms with Gasteiger partial charge in [0.2, 0.25) is 0 Å². The van der Waals surface area contributed by atoms with E-state index in [0.717, 1.165) is 18.4 Å². The van der Waals surface area contributed by atoms with Crippen LogP contribution in [0.25, 0.3) is 0 Å². The molecule has 0 aliphatic carbocycles. The Labute approximate surface area is 130 Å². The molecule has 0 saturated heterocycles. The highest BCUT2D eigenvalue weighted by molar-refractivity contribution is 7.81. The van der Waals surface area contributed by atoms with E-state index < -0.39 is 0 Å². The van der Waals surface area contributed by atoms with Crippen LogP contribution in [0.3, 0.4) is 0 Å². The van der Waals surface area contributed by atoms with E-state index in [0.29, 0.717) is 12.5 Å². The highest BCUT2D eigenvalue weighted by Gasteiger charge is 2.11. The van der Waals surface area contributed by atoms with Crippen LogP contribution in [-0.2, 0) is 9.53 Å².